The Morgan fingerprint density at radius 1 is 1.25 bits per heavy atom. The molecule has 1 aliphatic rings. The Hall–Kier alpha value is -2.48. The zero-order valence-corrected chi connectivity index (χ0v) is 20.5. The molecule has 3 aromatic rings. The third kappa shape index (κ3) is 5.11. The van der Waals surface area contributed by atoms with E-state index in [0.29, 0.717) is 17.2 Å². The predicted molar refractivity (Wildman–Crippen MR) is 132 cm³/mol. The zero-order chi connectivity index (χ0) is 22.5. The van der Waals surface area contributed by atoms with Crippen LogP contribution in [0.2, 0.25) is 0 Å². The van der Waals surface area contributed by atoms with Crippen LogP contribution in [0, 0.1) is 0 Å². The number of ether oxygens (including phenoxy) is 2. The fraction of sp³-hybridized carbons (Fsp3) is 0.280. The number of thiophene rings is 1. The molecule has 0 aliphatic carbocycles. The van der Waals surface area contributed by atoms with Crippen LogP contribution in [-0.2, 0) is 24.2 Å². The van der Waals surface area contributed by atoms with Gasteiger partial charge in [0.15, 0.2) is 0 Å². The van der Waals surface area contributed by atoms with Gasteiger partial charge in [0.25, 0.3) is 0 Å². The molecular weight excluding hydrogens is 488 g/mol. The van der Waals surface area contributed by atoms with Crippen molar-refractivity contribution in [2.75, 3.05) is 20.3 Å². The lowest BCUT2D eigenvalue weighted by atomic mass is 10.0. The molecule has 0 saturated heterocycles. The number of hydrogen-bond donors (Lipinski definition) is 0. The van der Waals surface area contributed by atoms with Gasteiger partial charge in [-0.05, 0) is 42.7 Å². The summed E-state index contributed by atoms with van der Waals surface area (Å²) < 4.78 is 11.8. The van der Waals surface area contributed by atoms with Crippen molar-refractivity contribution >= 4 is 44.5 Å². The van der Waals surface area contributed by atoms with Gasteiger partial charge in [-0.3, -0.25) is 4.90 Å². The summed E-state index contributed by atoms with van der Waals surface area (Å²) in [5, 5.41) is 0.692. The lowest BCUT2D eigenvalue weighted by molar-refractivity contribution is 0.0526. The standard InChI is InChI=1S/C25H25BrN2O3S/c1-3-31-25(29)23-20-11-12-28(15-17-7-5-4-6-8-17)16-22(20)32-24(23)27-14-18-13-19(26)9-10-21(18)30-2/h4-10,13-14H,3,11-12,15-16H2,1-2H3. The van der Waals surface area contributed by atoms with Crippen LogP contribution in [0.15, 0.2) is 58.0 Å². The van der Waals surface area contributed by atoms with E-state index < -0.39 is 0 Å². The first-order valence-corrected chi connectivity index (χ1v) is 12.2. The molecule has 4 rings (SSSR count). The molecular formula is C25H25BrN2O3S. The summed E-state index contributed by atoms with van der Waals surface area (Å²) in [5.41, 5.74) is 3.81. The number of hydrogen-bond acceptors (Lipinski definition) is 6. The molecule has 0 bridgehead atoms. The minimum atomic E-state index is -0.296. The van der Waals surface area contributed by atoms with Crippen LogP contribution >= 0.6 is 27.3 Å². The minimum absolute atomic E-state index is 0.296. The Morgan fingerprint density at radius 3 is 2.81 bits per heavy atom. The number of carbonyl (C=O) groups is 1. The van der Waals surface area contributed by atoms with E-state index in [9.17, 15) is 4.79 Å². The number of esters is 1. The van der Waals surface area contributed by atoms with Gasteiger partial charge in [0, 0.05) is 40.8 Å². The first kappa shape index (κ1) is 22.7. The second kappa shape index (κ2) is 10.4. The van der Waals surface area contributed by atoms with E-state index in [1.54, 1.807) is 24.7 Å². The average Bonchev–Trinajstić information content (AvgIpc) is 3.16. The Morgan fingerprint density at radius 2 is 2.06 bits per heavy atom. The van der Waals surface area contributed by atoms with Crippen LogP contribution in [0.1, 0.15) is 38.8 Å². The number of aliphatic imine (C=N–C) groups is 1. The van der Waals surface area contributed by atoms with Crippen LogP contribution < -0.4 is 4.74 Å². The molecule has 0 spiro atoms. The van der Waals surface area contributed by atoms with E-state index in [1.807, 2.05) is 31.2 Å². The third-order valence-electron chi connectivity index (χ3n) is 5.36. The number of halogens is 1. The highest BCUT2D eigenvalue weighted by Crippen LogP contribution is 2.40. The quantitative estimate of drug-likeness (QED) is 0.287. The smallest absolute Gasteiger partial charge is 0.341 e. The van der Waals surface area contributed by atoms with Crippen molar-refractivity contribution in [3.8, 4) is 5.75 Å². The van der Waals surface area contributed by atoms with Crippen LogP contribution in [0.5, 0.6) is 5.75 Å². The fourth-order valence-corrected chi connectivity index (χ4v) is 5.46. The summed E-state index contributed by atoms with van der Waals surface area (Å²) in [7, 11) is 1.63. The van der Waals surface area contributed by atoms with E-state index in [4.69, 9.17) is 14.5 Å². The van der Waals surface area contributed by atoms with Crippen LogP contribution in [-0.4, -0.2) is 37.3 Å². The number of rotatable bonds is 7. The summed E-state index contributed by atoms with van der Waals surface area (Å²) in [6, 6.07) is 16.2. The van der Waals surface area contributed by atoms with E-state index >= 15 is 0 Å². The van der Waals surface area contributed by atoms with Gasteiger partial charge in [0.2, 0.25) is 0 Å². The van der Waals surface area contributed by atoms with Gasteiger partial charge >= 0.3 is 5.97 Å². The normalized spacial score (nSPS) is 13.8. The molecule has 5 nitrogen and oxygen atoms in total. The number of carbonyl (C=O) groups excluding carboxylic acids is 1. The highest BCUT2D eigenvalue weighted by Gasteiger charge is 2.28. The summed E-state index contributed by atoms with van der Waals surface area (Å²) in [4.78, 5) is 21.1. The molecule has 0 saturated carbocycles. The van der Waals surface area contributed by atoms with E-state index in [-0.39, 0.29) is 5.97 Å². The van der Waals surface area contributed by atoms with E-state index in [0.717, 1.165) is 47.4 Å². The first-order valence-electron chi connectivity index (χ1n) is 10.5. The van der Waals surface area contributed by atoms with Crippen molar-refractivity contribution < 1.29 is 14.3 Å². The van der Waals surface area contributed by atoms with E-state index in [2.05, 4.69) is 45.1 Å². The summed E-state index contributed by atoms with van der Waals surface area (Å²) in [5.74, 6) is 0.430. The van der Waals surface area contributed by atoms with Gasteiger partial charge in [-0.2, -0.15) is 0 Å². The second-order valence-corrected chi connectivity index (χ2v) is 9.49. The SMILES string of the molecule is CCOC(=O)c1c(N=Cc2cc(Br)ccc2OC)sc2c1CCN(Cc1ccccc1)C2. The fourth-order valence-electron chi connectivity index (χ4n) is 3.86. The van der Waals surface area contributed by atoms with Gasteiger partial charge in [0.1, 0.15) is 10.8 Å². The zero-order valence-electron chi connectivity index (χ0n) is 18.1. The van der Waals surface area contributed by atoms with Gasteiger partial charge in [-0.25, -0.2) is 9.79 Å². The number of fused-ring (bicyclic) bond motifs is 1. The monoisotopic (exact) mass is 512 g/mol. The largest absolute Gasteiger partial charge is 0.496 e. The lowest BCUT2D eigenvalue weighted by Crippen LogP contribution is -2.29. The molecule has 7 heteroatoms. The molecule has 32 heavy (non-hydrogen) atoms. The Labute approximate surface area is 200 Å². The molecule has 1 aromatic heterocycles. The molecule has 2 heterocycles. The van der Waals surface area contributed by atoms with Crippen molar-refractivity contribution in [3.63, 3.8) is 0 Å². The Bertz CT molecular complexity index is 1130. The topological polar surface area (TPSA) is 51.1 Å². The molecule has 0 unspecified atom stereocenters. The molecule has 0 fully saturated rings. The van der Waals surface area contributed by atoms with Crippen LogP contribution in [0.4, 0.5) is 5.00 Å². The molecule has 0 radical (unpaired) electrons. The summed E-state index contributed by atoms with van der Waals surface area (Å²) in [6.45, 7) is 4.76. The number of benzene rings is 2. The van der Waals surface area contributed by atoms with Gasteiger partial charge in [-0.15, -0.1) is 11.3 Å². The highest BCUT2D eigenvalue weighted by molar-refractivity contribution is 9.10. The average molecular weight is 513 g/mol. The molecule has 166 valence electrons. The highest BCUT2D eigenvalue weighted by atomic mass is 79.9. The molecule has 2 aromatic carbocycles. The van der Waals surface area contributed by atoms with Gasteiger partial charge in [0.05, 0.1) is 19.3 Å². The lowest BCUT2D eigenvalue weighted by Gasteiger charge is -2.27. The summed E-state index contributed by atoms with van der Waals surface area (Å²) >= 11 is 5.07. The van der Waals surface area contributed by atoms with Gasteiger partial charge < -0.3 is 9.47 Å². The molecule has 1 aliphatic heterocycles. The number of methoxy groups -OCH3 is 1. The summed E-state index contributed by atoms with van der Waals surface area (Å²) in [6.07, 6.45) is 2.56. The second-order valence-electron chi connectivity index (χ2n) is 7.50. The van der Waals surface area contributed by atoms with E-state index in [1.165, 1.54) is 10.4 Å². The van der Waals surface area contributed by atoms with Gasteiger partial charge in [-0.1, -0.05) is 46.3 Å². The predicted octanol–water partition coefficient (Wildman–Crippen LogP) is 6.00. The maximum atomic E-state index is 12.8. The van der Waals surface area contributed by atoms with Crippen molar-refractivity contribution in [2.24, 2.45) is 4.99 Å². The van der Waals surface area contributed by atoms with Crippen LogP contribution in [0.3, 0.4) is 0 Å². The molecule has 0 N–H and O–H groups in total. The Balaban J connectivity index is 1.64. The maximum Gasteiger partial charge on any atom is 0.341 e. The first-order chi connectivity index (χ1) is 15.6. The third-order valence-corrected chi connectivity index (χ3v) is 6.98. The Kier molecular flexibility index (Phi) is 7.40. The van der Waals surface area contributed by atoms with Crippen LogP contribution in [0.25, 0.3) is 0 Å². The maximum absolute atomic E-state index is 12.8. The molecule has 0 amide bonds. The number of nitrogens with zero attached hydrogens (tertiary/aromatic N) is 2. The van der Waals surface area contributed by atoms with Crippen molar-refractivity contribution in [1.82, 2.24) is 4.90 Å². The molecule has 0 atom stereocenters. The minimum Gasteiger partial charge on any atom is -0.496 e. The van der Waals surface area contributed by atoms with Crippen molar-refractivity contribution in [2.45, 2.75) is 26.4 Å². The van der Waals surface area contributed by atoms with Crippen molar-refractivity contribution in [1.29, 1.82) is 0 Å². The van der Waals surface area contributed by atoms with Crippen molar-refractivity contribution in [3.05, 3.63) is 80.1 Å².